The number of methoxy groups -OCH3 is 1. The zero-order valence-electron chi connectivity index (χ0n) is 11.0. The second-order valence-corrected chi connectivity index (χ2v) is 6.03. The van der Waals surface area contributed by atoms with E-state index in [0.29, 0.717) is 11.3 Å². The second kappa shape index (κ2) is 5.17. The molecule has 1 fully saturated rings. The highest BCUT2D eigenvalue weighted by atomic mass is 16.5. The van der Waals surface area contributed by atoms with E-state index in [4.69, 9.17) is 10.5 Å². The molecule has 0 saturated heterocycles. The zero-order chi connectivity index (χ0) is 12.3. The maximum atomic E-state index is 11.3. The minimum Gasteiger partial charge on any atom is -0.468 e. The Bertz CT molecular complexity index is 237. The van der Waals surface area contributed by atoms with Gasteiger partial charge in [-0.1, -0.05) is 20.8 Å². The van der Waals surface area contributed by atoms with Crippen molar-refractivity contribution < 1.29 is 9.53 Å². The molecule has 0 radical (unpaired) electrons. The van der Waals surface area contributed by atoms with E-state index in [1.54, 1.807) is 0 Å². The van der Waals surface area contributed by atoms with Crippen molar-refractivity contribution in [3.05, 3.63) is 0 Å². The van der Waals surface area contributed by atoms with Crippen LogP contribution in [0, 0.1) is 17.3 Å². The lowest BCUT2D eigenvalue weighted by Gasteiger charge is -2.38. The lowest BCUT2D eigenvalue weighted by molar-refractivity contribution is -0.144. The number of carbonyl (C=O) groups is 1. The standard InChI is InChI=1S/C13H25NO2/c1-13(2,3)10-7-5-9(6-8-10)11(14)12(15)16-4/h9-11H,5-8,14H2,1-4H3/t9?,10?,11-/m0/s1. The Morgan fingerprint density at radius 2 is 1.75 bits per heavy atom. The van der Waals surface area contributed by atoms with E-state index in [2.05, 4.69) is 20.8 Å². The minimum atomic E-state index is -0.425. The summed E-state index contributed by atoms with van der Waals surface area (Å²) in [6.07, 6.45) is 4.47. The van der Waals surface area contributed by atoms with Gasteiger partial charge in [-0.2, -0.15) is 0 Å². The number of carbonyl (C=O) groups excluding carboxylic acids is 1. The average molecular weight is 227 g/mol. The van der Waals surface area contributed by atoms with E-state index in [9.17, 15) is 4.79 Å². The molecule has 16 heavy (non-hydrogen) atoms. The lowest BCUT2D eigenvalue weighted by atomic mass is 9.68. The first-order valence-electron chi connectivity index (χ1n) is 6.19. The van der Waals surface area contributed by atoms with Crippen molar-refractivity contribution in [3.63, 3.8) is 0 Å². The van der Waals surface area contributed by atoms with Crippen molar-refractivity contribution >= 4 is 5.97 Å². The van der Waals surface area contributed by atoms with E-state index in [1.807, 2.05) is 0 Å². The van der Waals surface area contributed by atoms with Gasteiger partial charge >= 0.3 is 5.97 Å². The molecular weight excluding hydrogens is 202 g/mol. The van der Waals surface area contributed by atoms with Gasteiger partial charge in [-0.3, -0.25) is 4.79 Å². The highest BCUT2D eigenvalue weighted by Gasteiger charge is 2.34. The van der Waals surface area contributed by atoms with Crippen molar-refractivity contribution in [3.8, 4) is 0 Å². The van der Waals surface area contributed by atoms with E-state index in [0.717, 1.165) is 18.8 Å². The summed E-state index contributed by atoms with van der Waals surface area (Å²) in [5.41, 5.74) is 6.26. The third kappa shape index (κ3) is 3.21. The third-order valence-corrected chi connectivity index (χ3v) is 3.98. The Labute approximate surface area is 98.7 Å². The molecule has 3 heteroatoms. The average Bonchev–Trinajstić information content (AvgIpc) is 2.26. The van der Waals surface area contributed by atoms with Crippen molar-refractivity contribution in [1.29, 1.82) is 0 Å². The van der Waals surface area contributed by atoms with Crippen LogP contribution in [0.4, 0.5) is 0 Å². The number of hydrogen-bond acceptors (Lipinski definition) is 3. The van der Waals surface area contributed by atoms with Gasteiger partial charge in [-0.15, -0.1) is 0 Å². The summed E-state index contributed by atoms with van der Waals surface area (Å²) in [7, 11) is 1.41. The summed E-state index contributed by atoms with van der Waals surface area (Å²) >= 11 is 0. The fourth-order valence-corrected chi connectivity index (χ4v) is 2.67. The van der Waals surface area contributed by atoms with Crippen LogP contribution >= 0.6 is 0 Å². The molecule has 3 nitrogen and oxygen atoms in total. The van der Waals surface area contributed by atoms with Crippen LogP contribution in [-0.4, -0.2) is 19.1 Å². The van der Waals surface area contributed by atoms with Crippen LogP contribution in [0.1, 0.15) is 46.5 Å². The van der Waals surface area contributed by atoms with Gasteiger partial charge in [0.15, 0.2) is 0 Å². The molecule has 0 unspecified atom stereocenters. The molecule has 0 aromatic heterocycles. The molecule has 0 bridgehead atoms. The van der Waals surface area contributed by atoms with Crippen LogP contribution in [0.15, 0.2) is 0 Å². The molecule has 0 aromatic rings. The highest BCUT2D eigenvalue weighted by molar-refractivity contribution is 5.75. The zero-order valence-corrected chi connectivity index (χ0v) is 11.0. The lowest BCUT2D eigenvalue weighted by Crippen LogP contribution is -2.41. The van der Waals surface area contributed by atoms with Crippen LogP contribution < -0.4 is 5.73 Å². The summed E-state index contributed by atoms with van der Waals surface area (Å²) in [4.78, 5) is 11.3. The number of ether oxygens (including phenoxy) is 1. The molecule has 0 spiro atoms. The Kier molecular flexibility index (Phi) is 4.36. The quantitative estimate of drug-likeness (QED) is 0.737. The van der Waals surface area contributed by atoms with Crippen LogP contribution in [0.5, 0.6) is 0 Å². The summed E-state index contributed by atoms with van der Waals surface area (Å²) in [5, 5.41) is 0. The summed E-state index contributed by atoms with van der Waals surface area (Å²) in [5.74, 6) is 0.804. The predicted octanol–water partition coefficient (Wildman–Crippen LogP) is 2.34. The molecule has 1 aliphatic carbocycles. The minimum absolute atomic E-state index is 0.265. The van der Waals surface area contributed by atoms with Gasteiger partial charge < -0.3 is 10.5 Å². The van der Waals surface area contributed by atoms with Crippen LogP contribution in [0.3, 0.4) is 0 Å². The Morgan fingerprint density at radius 3 is 2.12 bits per heavy atom. The number of hydrogen-bond donors (Lipinski definition) is 1. The highest BCUT2D eigenvalue weighted by Crippen LogP contribution is 2.40. The fourth-order valence-electron chi connectivity index (χ4n) is 2.67. The van der Waals surface area contributed by atoms with Crippen molar-refractivity contribution in [2.24, 2.45) is 23.0 Å². The predicted molar refractivity (Wildman–Crippen MR) is 64.9 cm³/mol. The van der Waals surface area contributed by atoms with E-state index in [1.165, 1.54) is 20.0 Å². The molecule has 0 aliphatic heterocycles. The van der Waals surface area contributed by atoms with Gasteiger partial charge in [0.05, 0.1) is 7.11 Å². The van der Waals surface area contributed by atoms with E-state index in [-0.39, 0.29) is 5.97 Å². The largest absolute Gasteiger partial charge is 0.468 e. The molecule has 1 rings (SSSR count). The van der Waals surface area contributed by atoms with Gasteiger partial charge in [-0.25, -0.2) is 0 Å². The summed E-state index contributed by atoms with van der Waals surface area (Å²) < 4.78 is 4.70. The maximum absolute atomic E-state index is 11.3. The first-order valence-corrected chi connectivity index (χ1v) is 6.19. The van der Waals surface area contributed by atoms with Crippen LogP contribution in [0.2, 0.25) is 0 Å². The first-order chi connectivity index (χ1) is 7.36. The fraction of sp³-hybridized carbons (Fsp3) is 0.923. The smallest absolute Gasteiger partial charge is 0.322 e. The molecule has 2 N–H and O–H groups in total. The topological polar surface area (TPSA) is 52.3 Å². The Hall–Kier alpha value is -0.570. The van der Waals surface area contributed by atoms with Gasteiger partial charge in [0.1, 0.15) is 6.04 Å². The van der Waals surface area contributed by atoms with Gasteiger partial charge in [0, 0.05) is 0 Å². The van der Waals surface area contributed by atoms with Crippen LogP contribution in [-0.2, 0) is 9.53 Å². The number of rotatable bonds is 2. The molecule has 1 aliphatic rings. The molecule has 1 atom stereocenters. The van der Waals surface area contributed by atoms with Crippen molar-refractivity contribution in [2.45, 2.75) is 52.5 Å². The molecule has 0 aromatic carbocycles. The van der Waals surface area contributed by atoms with Crippen LogP contribution in [0.25, 0.3) is 0 Å². The van der Waals surface area contributed by atoms with Crippen molar-refractivity contribution in [2.75, 3.05) is 7.11 Å². The second-order valence-electron chi connectivity index (χ2n) is 6.03. The maximum Gasteiger partial charge on any atom is 0.322 e. The molecule has 0 amide bonds. The first kappa shape index (κ1) is 13.5. The molecular formula is C13H25NO2. The van der Waals surface area contributed by atoms with Gasteiger partial charge in [-0.05, 0) is 42.9 Å². The Morgan fingerprint density at radius 1 is 1.25 bits per heavy atom. The Balaban J connectivity index is 2.46. The van der Waals surface area contributed by atoms with Gasteiger partial charge in [0.25, 0.3) is 0 Å². The molecule has 94 valence electrons. The summed E-state index contributed by atoms with van der Waals surface area (Å²) in [6.45, 7) is 6.87. The third-order valence-electron chi connectivity index (χ3n) is 3.98. The van der Waals surface area contributed by atoms with E-state index < -0.39 is 6.04 Å². The summed E-state index contributed by atoms with van der Waals surface area (Å²) in [6, 6.07) is -0.425. The number of esters is 1. The molecule has 1 saturated carbocycles. The van der Waals surface area contributed by atoms with Crippen molar-refractivity contribution in [1.82, 2.24) is 0 Å². The molecule has 0 heterocycles. The van der Waals surface area contributed by atoms with Gasteiger partial charge in [0.2, 0.25) is 0 Å². The monoisotopic (exact) mass is 227 g/mol. The number of nitrogens with two attached hydrogens (primary N) is 1. The normalized spacial score (nSPS) is 28.6. The van der Waals surface area contributed by atoms with E-state index >= 15 is 0 Å². The SMILES string of the molecule is COC(=O)[C@@H](N)C1CCC(C(C)(C)C)CC1.